The number of unbranched alkanes of at least 4 members (excludes halogenated alkanes) is 33. The van der Waals surface area contributed by atoms with Crippen LogP contribution in [-0.4, -0.2) is 34.9 Å². The van der Waals surface area contributed by atoms with Crippen LogP contribution >= 0.6 is 0 Å². The molecule has 4 nitrogen and oxygen atoms in total. The molecule has 0 aliphatic carbocycles. The summed E-state index contributed by atoms with van der Waals surface area (Å²) in [5, 5.41) is 23.0. The molecular formula is C50H95NO3. The molecule has 54 heavy (non-hydrogen) atoms. The number of allylic oxidation sites excluding steroid dienone is 5. The molecule has 4 heteroatoms. The number of hydrogen-bond acceptors (Lipinski definition) is 3. The summed E-state index contributed by atoms with van der Waals surface area (Å²) >= 11 is 0. The average Bonchev–Trinajstić information content (AvgIpc) is 3.18. The summed E-state index contributed by atoms with van der Waals surface area (Å²) in [6, 6.07) is -0.643. The highest BCUT2D eigenvalue weighted by atomic mass is 16.3. The van der Waals surface area contributed by atoms with Gasteiger partial charge in [-0.1, -0.05) is 243 Å². The van der Waals surface area contributed by atoms with Crippen LogP contribution in [0.15, 0.2) is 36.5 Å². The molecule has 0 bridgehead atoms. The lowest BCUT2D eigenvalue weighted by Crippen LogP contribution is -2.45. The summed E-state index contributed by atoms with van der Waals surface area (Å²) < 4.78 is 0. The molecule has 2 atom stereocenters. The molecule has 2 unspecified atom stereocenters. The molecule has 0 fully saturated rings. The molecule has 3 N–H and O–H groups in total. The van der Waals surface area contributed by atoms with Gasteiger partial charge in [0.25, 0.3) is 0 Å². The monoisotopic (exact) mass is 758 g/mol. The molecule has 0 aromatic rings. The van der Waals surface area contributed by atoms with Crippen molar-refractivity contribution in [1.29, 1.82) is 0 Å². The average molecular weight is 758 g/mol. The quantitative estimate of drug-likeness (QED) is 0.0428. The van der Waals surface area contributed by atoms with Crippen molar-refractivity contribution in [2.24, 2.45) is 0 Å². The van der Waals surface area contributed by atoms with Crippen molar-refractivity contribution in [2.75, 3.05) is 6.61 Å². The van der Waals surface area contributed by atoms with Crippen molar-refractivity contribution >= 4 is 5.91 Å². The Kier molecular flexibility index (Phi) is 44.8. The first-order chi connectivity index (χ1) is 26.7. The van der Waals surface area contributed by atoms with E-state index in [0.717, 1.165) is 38.5 Å². The van der Waals surface area contributed by atoms with Crippen LogP contribution in [0, 0.1) is 0 Å². The predicted octanol–water partition coefficient (Wildman–Crippen LogP) is 15.4. The second-order valence-electron chi connectivity index (χ2n) is 16.5. The van der Waals surface area contributed by atoms with E-state index in [1.54, 1.807) is 6.08 Å². The van der Waals surface area contributed by atoms with Gasteiger partial charge in [-0.3, -0.25) is 4.79 Å². The summed E-state index contributed by atoms with van der Waals surface area (Å²) in [7, 11) is 0. The van der Waals surface area contributed by atoms with Gasteiger partial charge in [0, 0.05) is 6.42 Å². The summed E-state index contributed by atoms with van der Waals surface area (Å²) in [5.41, 5.74) is 0. The maximum atomic E-state index is 12.4. The number of aliphatic hydroxyl groups is 2. The van der Waals surface area contributed by atoms with Gasteiger partial charge >= 0.3 is 0 Å². The summed E-state index contributed by atoms with van der Waals surface area (Å²) in [5.74, 6) is -0.0741. The molecule has 318 valence electrons. The summed E-state index contributed by atoms with van der Waals surface area (Å²) in [6.07, 6.45) is 61.3. The third-order valence-electron chi connectivity index (χ3n) is 11.1. The Morgan fingerprint density at radius 3 is 1.07 bits per heavy atom. The van der Waals surface area contributed by atoms with Crippen molar-refractivity contribution in [3.8, 4) is 0 Å². The van der Waals surface area contributed by atoms with Crippen molar-refractivity contribution in [3.63, 3.8) is 0 Å². The smallest absolute Gasteiger partial charge is 0.220 e. The number of carbonyl (C=O) groups excluding carboxylic acids is 1. The Labute approximate surface area is 338 Å². The van der Waals surface area contributed by atoms with Gasteiger partial charge in [0.15, 0.2) is 0 Å². The maximum Gasteiger partial charge on any atom is 0.220 e. The number of nitrogens with one attached hydrogen (secondary N) is 1. The highest BCUT2D eigenvalue weighted by Crippen LogP contribution is 2.16. The predicted molar refractivity (Wildman–Crippen MR) is 239 cm³/mol. The van der Waals surface area contributed by atoms with Crippen molar-refractivity contribution < 1.29 is 15.0 Å². The number of hydrogen-bond donors (Lipinski definition) is 3. The van der Waals surface area contributed by atoms with Crippen LogP contribution < -0.4 is 5.32 Å². The second kappa shape index (κ2) is 46.0. The van der Waals surface area contributed by atoms with E-state index in [2.05, 4.69) is 43.5 Å². The normalized spacial score (nSPS) is 13.2. The maximum absolute atomic E-state index is 12.4. The number of rotatable bonds is 44. The van der Waals surface area contributed by atoms with Crippen molar-refractivity contribution in [2.45, 2.75) is 270 Å². The Morgan fingerprint density at radius 1 is 0.426 bits per heavy atom. The van der Waals surface area contributed by atoms with E-state index in [0.29, 0.717) is 6.42 Å². The molecular weight excluding hydrogens is 663 g/mol. The standard InChI is InChI=1S/C50H95NO3/c1-3-5-7-9-11-13-15-17-19-21-23-25-26-27-29-31-33-35-37-39-41-43-45-49(53)48(47-52)51-50(54)46-44-42-40-38-36-34-32-30-28-24-22-20-18-16-14-12-10-8-6-4-2/h27,29,35,37,43,45,48-49,52-53H,3-26,28,30-34,36,38-42,44,46-47H2,1-2H3,(H,51,54)/b29-27+,37-35+,45-43+. The molecule has 0 aliphatic rings. The van der Waals surface area contributed by atoms with Gasteiger partial charge in [0.2, 0.25) is 5.91 Å². The van der Waals surface area contributed by atoms with Crippen LogP contribution in [-0.2, 0) is 4.79 Å². The third-order valence-corrected chi connectivity index (χ3v) is 11.1. The van der Waals surface area contributed by atoms with Gasteiger partial charge in [0.05, 0.1) is 18.8 Å². The molecule has 1 amide bonds. The van der Waals surface area contributed by atoms with E-state index in [4.69, 9.17) is 0 Å². The van der Waals surface area contributed by atoms with Gasteiger partial charge in [0.1, 0.15) is 0 Å². The first-order valence-corrected chi connectivity index (χ1v) is 24.2. The van der Waals surface area contributed by atoms with E-state index >= 15 is 0 Å². The van der Waals surface area contributed by atoms with Crippen LogP contribution in [0.4, 0.5) is 0 Å². The first-order valence-electron chi connectivity index (χ1n) is 24.2. The topological polar surface area (TPSA) is 69.6 Å². The van der Waals surface area contributed by atoms with Crippen molar-refractivity contribution in [1.82, 2.24) is 5.32 Å². The Morgan fingerprint density at radius 2 is 0.722 bits per heavy atom. The molecule has 0 saturated heterocycles. The van der Waals surface area contributed by atoms with E-state index < -0.39 is 12.1 Å². The first kappa shape index (κ1) is 52.6. The molecule has 0 heterocycles. The molecule has 0 spiro atoms. The summed E-state index contributed by atoms with van der Waals surface area (Å²) in [6.45, 7) is 4.31. The largest absolute Gasteiger partial charge is 0.394 e. The Balaban J connectivity index is 3.59. The van der Waals surface area contributed by atoms with Crippen LogP contribution in [0.1, 0.15) is 258 Å². The minimum absolute atomic E-state index is 0.0741. The zero-order valence-corrected chi connectivity index (χ0v) is 36.5. The fourth-order valence-corrected chi connectivity index (χ4v) is 7.39. The molecule has 0 aliphatic heterocycles. The third kappa shape index (κ3) is 41.8. The van der Waals surface area contributed by atoms with E-state index in [1.807, 2.05) is 6.08 Å². The van der Waals surface area contributed by atoms with E-state index in [1.165, 1.54) is 199 Å². The number of aliphatic hydroxyl groups excluding tert-OH is 2. The highest BCUT2D eigenvalue weighted by molar-refractivity contribution is 5.76. The van der Waals surface area contributed by atoms with Gasteiger partial charge in [-0.25, -0.2) is 0 Å². The van der Waals surface area contributed by atoms with Crippen molar-refractivity contribution in [3.05, 3.63) is 36.5 Å². The number of carbonyl (C=O) groups is 1. The lowest BCUT2D eigenvalue weighted by molar-refractivity contribution is -0.123. The fourth-order valence-electron chi connectivity index (χ4n) is 7.39. The zero-order chi connectivity index (χ0) is 39.3. The van der Waals surface area contributed by atoms with Crippen LogP contribution in [0.3, 0.4) is 0 Å². The molecule has 0 rings (SSSR count). The fraction of sp³-hybridized carbons (Fsp3) is 0.860. The van der Waals surface area contributed by atoms with E-state index in [-0.39, 0.29) is 12.5 Å². The second-order valence-corrected chi connectivity index (χ2v) is 16.5. The molecule has 0 aromatic carbocycles. The summed E-state index contributed by atoms with van der Waals surface area (Å²) in [4.78, 5) is 12.4. The van der Waals surface area contributed by atoms with Gasteiger partial charge in [-0.2, -0.15) is 0 Å². The zero-order valence-electron chi connectivity index (χ0n) is 36.5. The lowest BCUT2D eigenvalue weighted by Gasteiger charge is -2.19. The van der Waals surface area contributed by atoms with Crippen LogP contribution in [0.2, 0.25) is 0 Å². The van der Waals surface area contributed by atoms with E-state index in [9.17, 15) is 15.0 Å². The van der Waals surface area contributed by atoms with Gasteiger partial charge < -0.3 is 15.5 Å². The Bertz CT molecular complexity index is 821. The lowest BCUT2D eigenvalue weighted by atomic mass is 10.0. The highest BCUT2D eigenvalue weighted by Gasteiger charge is 2.17. The Hall–Kier alpha value is -1.39. The minimum atomic E-state index is -0.868. The van der Waals surface area contributed by atoms with Gasteiger partial charge in [-0.05, 0) is 44.9 Å². The number of amides is 1. The minimum Gasteiger partial charge on any atom is -0.394 e. The van der Waals surface area contributed by atoms with Gasteiger partial charge in [-0.15, -0.1) is 0 Å². The molecule has 0 saturated carbocycles. The van der Waals surface area contributed by atoms with Crippen LogP contribution in [0.25, 0.3) is 0 Å². The SMILES string of the molecule is CCCCCCCCCCCCCC/C=C/CC/C=C/CC/C=C/C(O)C(CO)NC(=O)CCCCCCCCCCCCCCCCCCCCCC. The molecule has 0 radical (unpaired) electrons. The molecule has 0 aromatic heterocycles. The van der Waals surface area contributed by atoms with Crippen LogP contribution in [0.5, 0.6) is 0 Å².